The first-order valence-electron chi connectivity index (χ1n) is 11.4. The van der Waals surface area contributed by atoms with E-state index in [0.717, 1.165) is 49.7 Å². The zero-order valence-electron chi connectivity index (χ0n) is 18.0. The average Bonchev–Trinajstić information content (AvgIpc) is 3.54. The van der Waals surface area contributed by atoms with Crippen LogP contribution in [-0.4, -0.2) is 67.4 Å². The van der Waals surface area contributed by atoms with E-state index in [1.807, 2.05) is 6.07 Å². The van der Waals surface area contributed by atoms with Crippen LogP contribution in [0.5, 0.6) is 5.88 Å². The number of fused-ring (bicyclic) bond motifs is 5. The number of nitrogens with zero attached hydrogens (tertiary/aromatic N) is 2. The van der Waals surface area contributed by atoms with E-state index in [-0.39, 0.29) is 36.0 Å². The molecule has 3 fully saturated rings. The second-order valence-electron chi connectivity index (χ2n) is 9.35. The van der Waals surface area contributed by atoms with E-state index in [4.69, 9.17) is 9.47 Å². The Bertz CT molecular complexity index is 940. The van der Waals surface area contributed by atoms with Gasteiger partial charge in [0.15, 0.2) is 6.61 Å². The Morgan fingerprint density at radius 3 is 2.65 bits per heavy atom. The molecule has 0 spiro atoms. The van der Waals surface area contributed by atoms with Crippen LogP contribution in [0, 0.1) is 6.92 Å². The van der Waals surface area contributed by atoms with Crippen LogP contribution in [-0.2, 0) is 19.6 Å². The molecule has 0 aromatic carbocycles. The van der Waals surface area contributed by atoms with Gasteiger partial charge in [0.25, 0.3) is 5.91 Å². The molecular weight excluding hydrogens is 418 g/mol. The Balaban J connectivity index is 1.40. The maximum absolute atomic E-state index is 13.1. The maximum Gasteiger partial charge on any atom is 0.260 e. The summed E-state index contributed by atoms with van der Waals surface area (Å²) in [5.74, 6) is 0.763. The summed E-state index contributed by atoms with van der Waals surface area (Å²) >= 11 is 0. The van der Waals surface area contributed by atoms with E-state index < -0.39 is 10.0 Å². The first kappa shape index (κ1) is 21.2. The van der Waals surface area contributed by atoms with Crippen LogP contribution in [0.25, 0.3) is 0 Å². The summed E-state index contributed by atoms with van der Waals surface area (Å²) in [6, 6.07) is 1.37. The van der Waals surface area contributed by atoms with Gasteiger partial charge in [0.05, 0.1) is 24.0 Å². The topological polar surface area (TPSA) is 97.8 Å². The van der Waals surface area contributed by atoms with Gasteiger partial charge in [0.1, 0.15) is 0 Å². The molecule has 8 nitrogen and oxygen atoms in total. The Morgan fingerprint density at radius 2 is 1.90 bits per heavy atom. The zero-order chi connectivity index (χ0) is 21.6. The molecule has 1 aromatic rings. The number of nitrogens with one attached hydrogen (secondary N) is 1. The predicted molar refractivity (Wildman–Crippen MR) is 114 cm³/mol. The van der Waals surface area contributed by atoms with Gasteiger partial charge in [-0.1, -0.05) is 0 Å². The molecule has 1 amide bonds. The lowest BCUT2D eigenvalue weighted by Gasteiger charge is -2.32. The molecule has 31 heavy (non-hydrogen) atoms. The van der Waals surface area contributed by atoms with E-state index in [9.17, 15) is 13.2 Å². The van der Waals surface area contributed by atoms with Gasteiger partial charge in [0, 0.05) is 24.3 Å². The van der Waals surface area contributed by atoms with Crippen molar-refractivity contribution in [1.29, 1.82) is 0 Å². The number of hydrogen-bond donors (Lipinski definition) is 1. The van der Waals surface area contributed by atoms with Gasteiger partial charge in [-0.25, -0.2) is 18.1 Å². The van der Waals surface area contributed by atoms with Crippen molar-refractivity contribution < 1.29 is 22.7 Å². The summed E-state index contributed by atoms with van der Waals surface area (Å²) in [5.41, 5.74) is 2.26. The fourth-order valence-electron chi connectivity index (χ4n) is 5.31. The summed E-state index contributed by atoms with van der Waals surface area (Å²) in [7, 11) is -3.34. The number of aromatic nitrogens is 1. The lowest BCUT2D eigenvalue weighted by atomic mass is 9.81. The molecule has 5 aliphatic rings. The normalized spacial score (nSPS) is 31.8. The van der Waals surface area contributed by atoms with E-state index in [2.05, 4.69) is 16.6 Å². The Morgan fingerprint density at radius 1 is 1.13 bits per heavy atom. The minimum atomic E-state index is -3.34. The van der Waals surface area contributed by atoms with Crippen LogP contribution in [0.15, 0.2) is 12.3 Å². The first-order chi connectivity index (χ1) is 14.9. The van der Waals surface area contributed by atoms with Gasteiger partial charge in [-0.15, -0.1) is 0 Å². The molecule has 1 aromatic heterocycles. The summed E-state index contributed by atoms with van der Waals surface area (Å²) in [4.78, 5) is 19.2. The minimum Gasteiger partial charge on any atom is -0.467 e. The van der Waals surface area contributed by atoms with Crippen LogP contribution in [0.4, 0.5) is 0 Å². The largest absolute Gasteiger partial charge is 0.467 e. The maximum atomic E-state index is 13.1. The molecule has 9 heteroatoms. The molecule has 1 unspecified atom stereocenters. The summed E-state index contributed by atoms with van der Waals surface area (Å²) in [6.07, 6.45) is 7.76. The highest BCUT2D eigenvalue weighted by Crippen LogP contribution is 2.40. The molecule has 2 aliphatic carbocycles. The number of ether oxygens (including phenoxy) is 2. The van der Waals surface area contributed by atoms with Crippen LogP contribution < -0.4 is 9.46 Å². The second kappa shape index (κ2) is 8.33. The van der Waals surface area contributed by atoms with Crippen LogP contribution >= 0.6 is 0 Å². The number of rotatable bonds is 3. The van der Waals surface area contributed by atoms with E-state index in [1.54, 1.807) is 11.1 Å². The van der Waals surface area contributed by atoms with Crippen molar-refractivity contribution >= 4 is 15.9 Å². The number of sulfonamides is 1. The third-order valence-electron chi connectivity index (χ3n) is 7.23. The molecule has 4 heterocycles. The third-order valence-corrected chi connectivity index (χ3v) is 9.21. The van der Waals surface area contributed by atoms with Crippen molar-refractivity contribution in [2.75, 3.05) is 19.8 Å². The predicted octanol–water partition coefficient (Wildman–Crippen LogP) is 1.88. The molecule has 3 aliphatic heterocycles. The highest BCUT2D eigenvalue weighted by atomic mass is 32.2. The molecule has 0 radical (unpaired) electrons. The van der Waals surface area contributed by atoms with Crippen LogP contribution in [0.2, 0.25) is 0 Å². The van der Waals surface area contributed by atoms with Crippen molar-refractivity contribution in [2.24, 2.45) is 0 Å². The second-order valence-corrected chi connectivity index (χ2v) is 11.3. The Labute approximate surface area is 183 Å². The third kappa shape index (κ3) is 4.32. The van der Waals surface area contributed by atoms with Gasteiger partial charge < -0.3 is 14.4 Å². The van der Waals surface area contributed by atoms with E-state index in [0.29, 0.717) is 31.4 Å². The first-order valence-corrected chi connectivity index (χ1v) is 13.0. The lowest BCUT2D eigenvalue weighted by Crippen LogP contribution is -2.51. The molecule has 2 bridgehead atoms. The number of aryl methyl sites for hydroxylation is 1. The van der Waals surface area contributed by atoms with Crippen molar-refractivity contribution in [3.05, 3.63) is 23.4 Å². The SMILES string of the molecule is Cc1ccnc2c1C1CCC(CC1)OC[C@H]1C(NS(=O)(=O)C3CC3)CCN1C(=O)CO2. The summed E-state index contributed by atoms with van der Waals surface area (Å²) in [6.45, 7) is 2.82. The number of pyridine rings is 1. The molecular formula is C22H31N3O5S. The molecule has 1 N–H and O–H groups in total. The highest BCUT2D eigenvalue weighted by Gasteiger charge is 2.44. The molecule has 1 saturated heterocycles. The summed E-state index contributed by atoms with van der Waals surface area (Å²) < 4.78 is 40.2. The number of carbonyl (C=O) groups excluding carboxylic acids is 1. The van der Waals surface area contributed by atoms with E-state index >= 15 is 0 Å². The Kier molecular flexibility index (Phi) is 5.68. The molecule has 2 atom stereocenters. The van der Waals surface area contributed by atoms with Gasteiger partial charge in [0.2, 0.25) is 15.9 Å². The molecule has 2 saturated carbocycles. The quantitative estimate of drug-likeness (QED) is 0.757. The smallest absolute Gasteiger partial charge is 0.260 e. The highest BCUT2D eigenvalue weighted by molar-refractivity contribution is 7.90. The van der Waals surface area contributed by atoms with E-state index in [1.165, 1.54) is 0 Å². The van der Waals surface area contributed by atoms with Crippen LogP contribution in [0.3, 0.4) is 0 Å². The van der Waals surface area contributed by atoms with Gasteiger partial charge in [-0.05, 0) is 69.4 Å². The molecule has 6 rings (SSSR count). The fraction of sp³-hybridized carbons (Fsp3) is 0.727. The van der Waals surface area contributed by atoms with Crippen molar-refractivity contribution in [3.8, 4) is 5.88 Å². The van der Waals surface area contributed by atoms with Crippen LogP contribution in [0.1, 0.15) is 62.0 Å². The number of amides is 1. The number of carbonyl (C=O) groups is 1. The average molecular weight is 450 g/mol. The van der Waals surface area contributed by atoms with Crippen molar-refractivity contribution in [2.45, 2.75) is 81.2 Å². The molecule has 170 valence electrons. The van der Waals surface area contributed by atoms with Gasteiger partial charge in [-0.2, -0.15) is 0 Å². The zero-order valence-corrected chi connectivity index (χ0v) is 18.8. The lowest BCUT2D eigenvalue weighted by molar-refractivity contribution is -0.136. The fourth-order valence-corrected chi connectivity index (χ4v) is 6.96. The monoisotopic (exact) mass is 449 g/mol. The Hall–Kier alpha value is -1.71. The van der Waals surface area contributed by atoms with Gasteiger partial charge in [-0.3, -0.25) is 4.79 Å². The number of hydrogen-bond acceptors (Lipinski definition) is 6. The minimum absolute atomic E-state index is 0.0990. The van der Waals surface area contributed by atoms with Gasteiger partial charge >= 0.3 is 0 Å². The standard InChI is InChI=1S/C22H31N3O5S/c1-14-8-10-23-22-21(14)15-2-4-16(5-3-15)29-12-19-18(24-31(27,28)17-6-7-17)9-11-25(19)20(26)13-30-22/h8,10,15-19,24H,2-7,9,11-13H2,1H3/t15?,16?,18?,19-/m0/s1. The van der Waals surface area contributed by atoms with Crippen molar-refractivity contribution in [1.82, 2.24) is 14.6 Å². The summed E-state index contributed by atoms with van der Waals surface area (Å²) in [5, 5.41) is -0.280. The van der Waals surface area contributed by atoms with Crippen molar-refractivity contribution in [3.63, 3.8) is 0 Å².